The topological polar surface area (TPSA) is 67.1 Å². The first-order valence-corrected chi connectivity index (χ1v) is 6.08. The number of aliphatic imine (C=N–C) groups is 1. The Kier molecular flexibility index (Phi) is 4.12. The fourth-order valence-electron chi connectivity index (χ4n) is 1.75. The van der Waals surface area contributed by atoms with Crippen molar-refractivity contribution in [2.24, 2.45) is 4.99 Å². The van der Waals surface area contributed by atoms with E-state index in [0.29, 0.717) is 6.54 Å². The zero-order valence-corrected chi connectivity index (χ0v) is 11.4. The van der Waals surface area contributed by atoms with Crippen LogP contribution >= 0.6 is 0 Å². The smallest absolute Gasteiger partial charge is 0.190 e. The largest absolute Gasteiger partial charge is 0.359 e. The number of aryl methyl sites for hydroxylation is 1. The summed E-state index contributed by atoms with van der Waals surface area (Å²) in [5, 5.41) is 6.15. The SMILES string of the molecule is CN=C(NC)NCc1ccc(-n2ccnc2C)nc1. The fraction of sp³-hybridized carbons (Fsp3) is 0.308. The van der Waals surface area contributed by atoms with Crippen LogP contribution < -0.4 is 10.6 Å². The molecule has 2 N–H and O–H groups in total. The molecular weight excluding hydrogens is 240 g/mol. The van der Waals surface area contributed by atoms with Gasteiger partial charge in [0, 0.05) is 39.2 Å². The first-order chi connectivity index (χ1) is 9.24. The average Bonchev–Trinajstić information content (AvgIpc) is 2.87. The van der Waals surface area contributed by atoms with Gasteiger partial charge in [0.05, 0.1) is 0 Å². The van der Waals surface area contributed by atoms with Crippen LogP contribution in [0.5, 0.6) is 0 Å². The highest BCUT2D eigenvalue weighted by atomic mass is 15.2. The van der Waals surface area contributed by atoms with Crippen molar-refractivity contribution >= 4 is 5.96 Å². The molecule has 2 aromatic heterocycles. The summed E-state index contributed by atoms with van der Waals surface area (Å²) in [5.74, 6) is 2.56. The molecular formula is C13H18N6. The fourth-order valence-corrected chi connectivity index (χ4v) is 1.75. The summed E-state index contributed by atoms with van der Waals surface area (Å²) in [5.41, 5.74) is 1.10. The summed E-state index contributed by atoms with van der Waals surface area (Å²) < 4.78 is 1.95. The van der Waals surface area contributed by atoms with Gasteiger partial charge in [-0.05, 0) is 18.6 Å². The third-order valence-corrected chi connectivity index (χ3v) is 2.80. The Bertz CT molecular complexity index is 555. The third-order valence-electron chi connectivity index (χ3n) is 2.80. The van der Waals surface area contributed by atoms with Gasteiger partial charge in [-0.2, -0.15) is 0 Å². The molecule has 2 aromatic rings. The van der Waals surface area contributed by atoms with Crippen molar-refractivity contribution in [2.75, 3.05) is 14.1 Å². The number of nitrogens with one attached hydrogen (secondary N) is 2. The number of nitrogens with zero attached hydrogens (tertiary/aromatic N) is 4. The number of hydrogen-bond acceptors (Lipinski definition) is 3. The highest BCUT2D eigenvalue weighted by Crippen LogP contribution is 2.08. The normalized spacial score (nSPS) is 11.4. The van der Waals surface area contributed by atoms with E-state index >= 15 is 0 Å². The third kappa shape index (κ3) is 3.09. The van der Waals surface area contributed by atoms with Crippen molar-refractivity contribution in [3.8, 4) is 5.82 Å². The molecule has 2 heterocycles. The van der Waals surface area contributed by atoms with Crippen LogP contribution in [0.3, 0.4) is 0 Å². The Morgan fingerprint density at radius 3 is 2.74 bits per heavy atom. The molecule has 0 spiro atoms. The van der Waals surface area contributed by atoms with Gasteiger partial charge in [0.1, 0.15) is 11.6 Å². The van der Waals surface area contributed by atoms with Gasteiger partial charge in [-0.15, -0.1) is 0 Å². The van der Waals surface area contributed by atoms with Gasteiger partial charge < -0.3 is 10.6 Å². The number of imidazole rings is 1. The average molecular weight is 258 g/mol. The van der Waals surface area contributed by atoms with E-state index in [1.807, 2.05) is 43.1 Å². The van der Waals surface area contributed by atoms with Crippen LogP contribution in [0.1, 0.15) is 11.4 Å². The van der Waals surface area contributed by atoms with E-state index in [4.69, 9.17) is 0 Å². The monoisotopic (exact) mass is 258 g/mol. The Labute approximate surface area is 112 Å². The molecule has 0 aromatic carbocycles. The second-order valence-corrected chi connectivity index (χ2v) is 4.04. The van der Waals surface area contributed by atoms with Gasteiger partial charge in [-0.25, -0.2) is 9.97 Å². The molecule has 0 saturated carbocycles. The maximum Gasteiger partial charge on any atom is 0.190 e. The maximum absolute atomic E-state index is 4.43. The molecule has 0 aliphatic carbocycles. The molecule has 6 heteroatoms. The quantitative estimate of drug-likeness (QED) is 0.633. The summed E-state index contributed by atoms with van der Waals surface area (Å²) in [4.78, 5) is 12.7. The Hall–Kier alpha value is -2.37. The molecule has 0 aliphatic heterocycles. The molecule has 0 atom stereocenters. The van der Waals surface area contributed by atoms with Crippen molar-refractivity contribution < 1.29 is 0 Å². The zero-order chi connectivity index (χ0) is 13.7. The van der Waals surface area contributed by atoms with Crippen LogP contribution in [0.15, 0.2) is 35.7 Å². The molecule has 0 saturated heterocycles. The van der Waals surface area contributed by atoms with Gasteiger partial charge in [-0.3, -0.25) is 9.56 Å². The predicted molar refractivity (Wildman–Crippen MR) is 75.4 cm³/mol. The van der Waals surface area contributed by atoms with E-state index in [1.165, 1.54) is 0 Å². The number of aromatic nitrogens is 3. The molecule has 6 nitrogen and oxygen atoms in total. The van der Waals surface area contributed by atoms with E-state index in [0.717, 1.165) is 23.2 Å². The van der Waals surface area contributed by atoms with E-state index in [-0.39, 0.29) is 0 Å². The molecule has 0 unspecified atom stereocenters. The van der Waals surface area contributed by atoms with Crippen LogP contribution in [0.4, 0.5) is 0 Å². The van der Waals surface area contributed by atoms with Crippen LogP contribution in [-0.4, -0.2) is 34.6 Å². The van der Waals surface area contributed by atoms with Crippen LogP contribution in [-0.2, 0) is 6.54 Å². The lowest BCUT2D eigenvalue weighted by atomic mass is 10.3. The summed E-state index contributed by atoms with van der Waals surface area (Å²) in [7, 11) is 3.57. The van der Waals surface area contributed by atoms with E-state index in [1.54, 1.807) is 13.2 Å². The van der Waals surface area contributed by atoms with Gasteiger partial charge in [0.2, 0.25) is 0 Å². The maximum atomic E-state index is 4.43. The second kappa shape index (κ2) is 5.99. The zero-order valence-electron chi connectivity index (χ0n) is 11.4. The Morgan fingerprint density at radius 1 is 1.37 bits per heavy atom. The highest BCUT2D eigenvalue weighted by Gasteiger charge is 2.02. The van der Waals surface area contributed by atoms with E-state index in [2.05, 4.69) is 25.6 Å². The second-order valence-electron chi connectivity index (χ2n) is 4.04. The minimum atomic E-state index is 0.684. The molecule has 2 rings (SSSR count). The first-order valence-electron chi connectivity index (χ1n) is 6.08. The first kappa shape index (κ1) is 13.1. The summed E-state index contributed by atoms with van der Waals surface area (Å²) in [6.07, 6.45) is 5.52. The molecule has 0 bridgehead atoms. The number of guanidine groups is 1. The minimum Gasteiger partial charge on any atom is -0.359 e. The van der Waals surface area contributed by atoms with E-state index in [9.17, 15) is 0 Å². The molecule has 100 valence electrons. The van der Waals surface area contributed by atoms with Crippen molar-refractivity contribution in [1.82, 2.24) is 25.2 Å². The molecule has 0 amide bonds. The van der Waals surface area contributed by atoms with Gasteiger partial charge in [-0.1, -0.05) is 6.07 Å². The van der Waals surface area contributed by atoms with Gasteiger partial charge >= 0.3 is 0 Å². The molecule has 0 fully saturated rings. The van der Waals surface area contributed by atoms with Crippen molar-refractivity contribution in [3.63, 3.8) is 0 Å². The van der Waals surface area contributed by atoms with Crippen LogP contribution in [0.25, 0.3) is 5.82 Å². The van der Waals surface area contributed by atoms with E-state index < -0.39 is 0 Å². The lowest BCUT2D eigenvalue weighted by molar-refractivity contribution is 0.853. The Balaban J connectivity index is 2.05. The molecule has 0 radical (unpaired) electrons. The van der Waals surface area contributed by atoms with Crippen molar-refractivity contribution in [3.05, 3.63) is 42.1 Å². The lowest BCUT2D eigenvalue weighted by Gasteiger charge is -2.09. The number of hydrogen-bond donors (Lipinski definition) is 2. The van der Waals surface area contributed by atoms with Crippen molar-refractivity contribution in [1.29, 1.82) is 0 Å². The number of rotatable bonds is 3. The van der Waals surface area contributed by atoms with Crippen LogP contribution in [0.2, 0.25) is 0 Å². The highest BCUT2D eigenvalue weighted by molar-refractivity contribution is 5.79. The van der Waals surface area contributed by atoms with Gasteiger partial charge in [0.25, 0.3) is 0 Å². The van der Waals surface area contributed by atoms with Crippen molar-refractivity contribution in [2.45, 2.75) is 13.5 Å². The Morgan fingerprint density at radius 2 is 2.21 bits per heavy atom. The van der Waals surface area contributed by atoms with Crippen LogP contribution in [0, 0.1) is 6.92 Å². The molecule has 19 heavy (non-hydrogen) atoms. The summed E-state index contributed by atoms with van der Waals surface area (Å²) >= 11 is 0. The predicted octanol–water partition coefficient (Wildman–Crippen LogP) is 0.871. The number of pyridine rings is 1. The summed E-state index contributed by atoms with van der Waals surface area (Å²) in [6, 6.07) is 4.02. The van der Waals surface area contributed by atoms with Gasteiger partial charge in [0.15, 0.2) is 5.96 Å². The minimum absolute atomic E-state index is 0.684. The lowest BCUT2D eigenvalue weighted by Crippen LogP contribution is -2.34. The summed E-state index contributed by atoms with van der Waals surface area (Å²) in [6.45, 7) is 2.64. The standard InChI is InChI=1S/C13H18N6/c1-10-16-6-7-19(10)12-5-4-11(8-17-12)9-18-13(14-2)15-3/h4-8H,9H2,1-3H3,(H2,14,15,18). The molecule has 0 aliphatic rings.